The topological polar surface area (TPSA) is 104 Å². The Morgan fingerprint density at radius 2 is 1.94 bits per heavy atom. The van der Waals surface area contributed by atoms with E-state index in [9.17, 15) is 17.6 Å². The van der Waals surface area contributed by atoms with E-state index in [0.29, 0.717) is 42.3 Å². The fraction of sp³-hybridized carbons (Fsp3) is 0.417. The molecule has 1 amide bonds. The van der Waals surface area contributed by atoms with E-state index in [1.54, 1.807) is 12.3 Å². The van der Waals surface area contributed by atoms with Crippen LogP contribution in [-0.4, -0.2) is 48.4 Å². The first-order valence-electron chi connectivity index (χ1n) is 11.4. The number of aromatic nitrogens is 2. The van der Waals surface area contributed by atoms with E-state index >= 15 is 0 Å². The van der Waals surface area contributed by atoms with Crippen molar-refractivity contribution in [2.24, 2.45) is 0 Å². The molecule has 1 fully saturated rings. The van der Waals surface area contributed by atoms with Crippen molar-refractivity contribution in [1.29, 1.82) is 0 Å². The van der Waals surface area contributed by atoms with Gasteiger partial charge < -0.3 is 23.9 Å². The number of fused-ring (bicyclic) bond motifs is 2. The largest absolute Gasteiger partial charge is 1.00 e. The zero-order valence-electron chi connectivity index (χ0n) is 20.7. The van der Waals surface area contributed by atoms with Crippen molar-refractivity contribution in [3.8, 4) is 11.5 Å². The van der Waals surface area contributed by atoms with Crippen LogP contribution in [0.1, 0.15) is 55.6 Å². The monoisotopic (exact) mass is 524 g/mol. The summed E-state index contributed by atoms with van der Waals surface area (Å²) in [5.74, 6) is -0.299. The van der Waals surface area contributed by atoms with Crippen molar-refractivity contribution >= 4 is 27.1 Å². The molecule has 0 unspecified atom stereocenters. The van der Waals surface area contributed by atoms with Crippen LogP contribution in [0, 0.1) is 5.82 Å². The summed E-state index contributed by atoms with van der Waals surface area (Å²) < 4.78 is 54.5. The number of carbonyl (C=O) groups is 1. The van der Waals surface area contributed by atoms with Gasteiger partial charge in [-0.15, -0.1) is 0 Å². The van der Waals surface area contributed by atoms with Crippen molar-refractivity contribution in [2.75, 3.05) is 24.7 Å². The number of sulfonamides is 1. The molecule has 1 saturated heterocycles. The van der Waals surface area contributed by atoms with Gasteiger partial charge in [-0.2, -0.15) is 5.10 Å². The Balaban J connectivity index is 0.00000304. The molecule has 2 aromatic heterocycles. The van der Waals surface area contributed by atoms with Crippen LogP contribution in [0.15, 0.2) is 36.7 Å². The summed E-state index contributed by atoms with van der Waals surface area (Å²) in [4.78, 5) is 14.9. The number of benzene rings is 1. The average molecular weight is 525 g/mol. The van der Waals surface area contributed by atoms with Crippen molar-refractivity contribution in [1.82, 2.24) is 9.61 Å². The molecule has 0 N–H and O–H groups in total. The number of anilines is 1. The minimum Gasteiger partial charge on any atom is -0.541 e. The predicted molar refractivity (Wildman–Crippen MR) is 128 cm³/mol. The third-order valence-corrected chi connectivity index (χ3v) is 8.25. The van der Waals surface area contributed by atoms with Crippen LogP contribution in [0.4, 0.5) is 10.1 Å². The smallest absolute Gasteiger partial charge is 0.541 e. The van der Waals surface area contributed by atoms with Gasteiger partial charge in [-0.25, -0.2) is 17.3 Å². The number of nitrogens with zero attached hydrogens (tertiary/aromatic N) is 4. The van der Waals surface area contributed by atoms with E-state index in [1.165, 1.54) is 43.6 Å². The molecule has 9 nitrogen and oxygen atoms in total. The first-order chi connectivity index (χ1) is 16.5. The number of pyridine rings is 1. The zero-order chi connectivity index (χ0) is 25.0. The fourth-order valence-electron chi connectivity index (χ4n) is 4.40. The summed E-state index contributed by atoms with van der Waals surface area (Å²) in [7, 11) is -4.01. The van der Waals surface area contributed by atoms with Crippen LogP contribution in [0.3, 0.4) is 0 Å². The molecule has 186 valence electrons. The maximum Gasteiger partial charge on any atom is 1.00 e. The van der Waals surface area contributed by atoms with E-state index in [-0.39, 0.29) is 41.2 Å². The second kappa shape index (κ2) is 9.85. The van der Waals surface area contributed by atoms with Crippen LogP contribution in [-0.2, 0) is 10.0 Å². The molecule has 2 aliphatic rings. The van der Waals surface area contributed by atoms with Crippen LogP contribution < -0.4 is 43.9 Å². The Kier molecular flexibility index (Phi) is 7.31. The van der Waals surface area contributed by atoms with Crippen molar-refractivity contribution in [3.05, 3.63) is 58.3 Å². The quantitative estimate of drug-likeness (QED) is 0.473. The molecule has 0 aliphatic carbocycles. The van der Waals surface area contributed by atoms with Crippen LogP contribution in [0.2, 0.25) is 0 Å². The molecule has 1 aromatic carbocycles. The Bertz CT molecular complexity index is 1420. The number of amides is 1. The SMILES string of the molecule is CC(C)(C)S(=O)(=O)[N-]C(=O)c1cnn2ccc(N3CCC[C@@H]3c3cc(F)cc4c3OCCO4)cc12.[Na+]. The summed E-state index contributed by atoms with van der Waals surface area (Å²) in [5.41, 5.74) is 2.04. The van der Waals surface area contributed by atoms with Gasteiger partial charge in [0.1, 0.15) is 29.1 Å². The summed E-state index contributed by atoms with van der Waals surface area (Å²) in [6.45, 7) is 5.94. The number of carbonyl (C=O) groups excluding carboxylic acids is 1. The summed E-state index contributed by atoms with van der Waals surface area (Å²) in [6.07, 6.45) is 4.69. The van der Waals surface area contributed by atoms with Gasteiger partial charge in [-0.1, -0.05) is 0 Å². The molecular formula is C24H26FN4NaO5S. The maximum absolute atomic E-state index is 14.4. The summed E-state index contributed by atoms with van der Waals surface area (Å²) >= 11 is 0. The van der Waals surface area contributed by atoms with Gasteiger partial charge in [0.2, 0.25) is 0 Å². The van der Waals surface area contributed by atoms with Crippen LogP contribution >= 0.6 is 0 Å². The summed E-state index contributed by atoms with van der Waals surface area (Å²) in [6, 6.07) is 6.30. The molecule has 0 spiro atoms. The van der Waals surface area contributed by atoms with Gasteiger partial charge in [0.15, 0.2) is 11.5 Å². The molecule has 1 atom stereocenters. The molecular weight excluding hydrogens is 498 g/mol. The standard InChI is InChI=1S/C24H27FN4O5S.Na/c1-24(2,3)35(31,32)27-23(30)18-14-26-29-8-6-16(13-20(18)29)28-7-4-5-19(28)17-11-15(25)12-21-22(17)34-10-9-33-21;/h6,8,11-14,19H,4-5,7,9-10H2,1-3H3,(H,27,30);/q;+1/p-1/t19-;/m1./s1. The van der Waals surface area contributed by atoms with E-state index in [2.05, 4.69) is 14.7 Å². The van der Waals surface area contributed by atoms with Gasteiger partial charge in [-0.05, 0) is 51.8 Å². The minimum atomic E-state index is -4.01. The number of ether oxygens (including phenoxy) is 2. The molecule has 12 heteroatoms. The fourth-order valence-corrected chi connectivity index (χ4v) is 4.99. The van der Waals surface area contributed by atoms with Crippen molar-refractivity contribution in [3.63, 3.8) is 0 Å². The van der Waals surface area contributed by atoms with Crippen molar-refractivity contribution < 1.29 is 56.6 Å². The molecule has 0 saturated carbocycles. The number of hydrogen-bond donors (Lipinski definition) is 0. The third-order valence-electron chi connectivity index (χ3n) is 6.29. The van der Waals surface area contributed by atoms with Gasteiger partial charge in [-0.3, -0.25) is 0 Å². The molecule has 2 aliphatic heterocycles. The molecule has 36 heavy (non-hydrogen) atoms. The van der Waals surface area contributed by atoms with Gasteiger partial charge >= 0.3 is 29.6 Å². The van der Waals surface area contributed by atoms with Gasteiger partial charge in [0.25, 0.3) is 0 Å². The third kappa shape index (κ3) is 4.81. The Morgan fingerprint density at radius 3 is 2.69 bits per heavy atom. The van der Waals surface area contributed by atoms with Crippen LogP contribution in [0.25, 0.3) is 10.2 Å². The Labute approximate surface area is 231 Å². The Hall–Kier alpha value is -2.34. The van der Waals surface area contributed by atoms with Gasteiger partial charge in [0, 0.05) is 35.6 Å². The van der Waals surface area contributed by atoms with E-state index in [1.807, 2.05) is 6.07 Å². The molecule has 5 rings (SSSR count). The first-order valence-corrected chi connectivity index (χ1v) is 12.8. The predicted octanol–water partition coefficient (Wildman–Crippen LogP) is 1.23. The zero-order valence-corrected chi connectivity index (χ0v) is 23.5. The van der Waals surface area contributed by atoms with Gasteiger partial charge in [0.05, 0.1) is 28.4 Å². The molecule has 3 aromatic rings. The van der Waals surface area contributed by atoms with Crippen molar-refractivity contribution in [2.45, 2.75) is 44.4 Å². The number of rotatable bonds is 4. The average Bonchev–Trinajstić information content (AvgIpc) is 3.44. The van der Waals surface area contributed by atoms with E-state index in [0.717, 1.165) is 18.5 Å². The maximum atomic E-state index is 14.4. The first kappa shape index (κ1) is 26.7. The molecule has 4 heterocycles. The number of hydrogen-bond acceptors (Lipinski definition) is 7. The summed E-state index contributed by atoms with van der Waals surface area (Å²) in [5, 5.41) is 4.18. The molecule has 0 bridgehead atoms. The normalized spacial score (nSPS) is 17.7. The second-order valence-corrected chi connectivity index (χ2v) is 12.0. The number of halogens is 1. The van der Waals surface area contributed by atoms with Crippen LogP contribution in [0.5, 0.6) is 11.5 Å². The van der Waals surface area contributed by atoms with E-state index in [4.69, 9.17) is 9.47 Å². The molecule has 0 radical (unpaired) electrons. The minimum absolute atomic E-state index is 0. The second-order valence-electron chi connectivity index (χ2n) is 9.63. The van der Waals surface area contributed by atoms with E-state index < -0.39 is 26.5 Å². The Morgan fingerprint density at radius 1 is 1.19 bits per heavy atom.